The lowest BCUT2D eigenvalue weighted by molar-refractivity contribution is -0.136. The van der Waals surface area contributed by atoms with Crippen molar-refractivity contribution in [2.45, 2.75) is 25.8 Å². The monoisotopic (exact) mass is 277 g/mol. The van der Waals surface area contributed by atoms with Gasteiger partial charge in [0.2, 0.25) is 5.91 Å². The Morgan fingerprint density at radius 2 is 2.25 bits per heavy atom. The Bertz CT molecular complexity index is 412. The van der Waals surface area contributed by atoms with Crippen LogP contribution in [0.15, 0.2) is 18.4 Å². The highest BCUT2D eigenvalue weighted by molar-refractivity contribution is 5.79. The molecular formula is C16H27N3O. The first-order valence-electron chi connectivity index (χ1n) is 7.48. The van der Waals surface area contributed by atoms with Crippen molar-refractivity contribution in [1.82, 2.24) is 15.1 Å². The van der Waals surface area contributed by atoms with Crippen molar-refractivity contribution in [3.05, 3.63) is 18.4 Å². The summed E-state index contributed by atoms with van der Waals surface area (Å²) in [6.45, 7) is 12.4. The molecule has 2 unspecified atom stereocenters. The zero-order chi connectivity index (χ0) is 14.8. The Hall–Kier alpha value is -1.09. The second-order valence-electron chi connectivity index (χ2n) is 6.84. The van der Waals surface area contributed by atoms with Crippen molar-refractivity contribution in [2.75, 3.05) is 39.8 Å². The maximum absolute atomic E-state index is 12.1. The standard InChI is InChI=1S/C16H27N3O/c1-5-6-13-10-17-16(2,3)9-14(13)11-19-8-7-18(4)12-15(19)20/h6,13-14,17H,1,7-12H2,2-4H3. The fourth-order valence-electron chi connectivity index (χ4n) is 3.29. The van der Waals surface area contributed by atoms with Gasteiger partial charge in [-0.2, -0.15) is 0 Å². The summed E-state index contributed by atoms with van der Waals surface area (Å²) in [4.78, 5) is 16.3. The molecule has 0 aliphatic carbocycles. The third kappa shape index (κ3) is 3.72. The largest absolute Gasteiger partial charge is 0.340 e. The van der Waals surface area contributed by atoms with Gasteiger partial charge in [-0.15, -0.1) is 5.73 Å². The summed E-state index contributed by atoms with van der Waals surface area (Å²) in [6, 6.07) is 0. The number of carbonyl (C=O) groups is 1. The van der Waals surface area contributed by atoms with Crippen LogP contribution >= 0.6 is 0 Å². The van der Waals surface area contributed by atoms with E-state index in [0.29, 0.717) is 18.4 Å². The van der Waals surface area contributed by atoms with Gasteiger partial charge in [-0.25, -0.2) is 0 Å². The summed E-state index contributed by atoms with van der Waals surface area (Å²) in [6.07, 6.45) is 3.14. The molecule has 112 valence electrons. The predicted octanol–water partition coefficient (Wildman–Crippen LogP) is 1.11. The van der Waals surface area contributed by atoms with Crippen LogP contribution in [0.4, 0.5) is 0 Å². The number of rotatable bonds is 3. The molecule has 1 N–H and O–H groups in total. The first-order chi connectivity index (χ1) is 9.41. The highest BCUT2D eigenvalue weighted by Crippen LogP contribution is 2.30. The van der Waals surface area contributed by atoms with Crippen LogP contribution in [0.1, 0.15) is 20.3 Å². The Balaban J connectivity index is 2.03. The zero-order valence-corrected chi connectivity index (χ0v) is 13.0. The maximum atomic E-state index is 12.1. The van der Waals surface area contributed by atoms with Gasteiger partial charge in [0.15, 0.2) is 0 Å². The minimum Gasteiger partial charge on any atom is -0.340 e. The number of nitrogens with zero attached hydrogens (tertiary/aromatic N) is 2. The summed E-state index contributed by atoms with van der Waals surface area (Å²) in [5, 5.41) is 3.57. The lowest BCUT2D eigenvalue weighted by Crippen LogP contribution is -2.55. The molecule has 2 rings (SSSR count). The number of hydrogen-bond donors (Lipinski definition) is 1. The number of piperidine rings is 1. The van der Waals surface area contributed by atoms with E-state index in [-0.39, 0.29) is 11.4 Å². The predicted molar refractivity (Wildman–Crippen MR) is 81.5 cm³/mol. The third-order valence-electron chi connectivity index (χ3n) is 4.49. The number of piperazine rings is 1. The Labute approximate surface area is 122 Å². The van der Waals surface area contributed by atoms with E-state index in [1.807, 2.05) is 11.9 Å². The molecule has 2 aliphatic rings. The lowest BCUT2D eigenvalue weighted by Gasteiger charge is -2.43. The molecule has 0 radical (unpaired) electrons. The van der Waals surface area contributed by atoms with E-state index in [2.05, 4.69) is 42.5 Å². The average molecular weight is 277 g/mol. The van der Waals surface area contributed by atoms with E-state index in [1.54, 1.807) is 0 Å². The maximum Gasteiger partial charge on any atom is 0.236 e. The van der Waals surface area contributed by atoms with Gasteiger partial charge in [0, 0.05) is 37.6 Å². The highest BCUT2D eigenvalue weighted by atomic mass is 16.2. The molecule has 2 heterocycles. The number of nitrogens with one attached hydrogen (secondary N) is 1. The van der Waals surface area contributed by atoms with Gasteiger partial charge in [-0.1, -0.05) is 6.58 Å². The van der Waals surface area contributed by atoms with E-state index in [0.717, 1.165) is 32.6 Å². The van der Waals surface area contributed by atoms with Gasteiger partial charge in [0.05, 0.1) is 6.54 Å². The summed E-state index contributed by atoms with van der Waals surface area (Å²) >= 11 is 0. The Morgan fingerprint density at radius 1 is 1.50 bits per heavy atom. The van der Waals surface area contributed by atoms with Gasteiger partial charge < -0.3 is 10.2 Å². The molecule has 20 heavy (non-hydrogen) atoms. The topological polar surface area (TPSA) is 35.6 Å². The van der Waals surface area contributed by atoms with Crippen LogP contribution in [0.3, 0.4) is 0 Å². The molecule has 2 atom stereocenters. The lowest BCUT2D eigenvalue weighted by atomic mass is 9.77. The summed E-state index contributed by atoms with van der Waals surface area (Å²) in [5.74, 6) is 1.18. The van der Waals surface area contributed by atoms with Crippen LogP contribution in [-0.4, -0.2) is 61.0 Å². The van der Waals surface area contributed by atoms with Crippen LogP contribution < -0.4 is 5.32 Å². The summed E-state index contributed by atoms with van der Waals surface area (Å²) < 4.78 is 0. The van der Waals surface area contributed by atoms with E-state index in [4.69, 9.17) is 0 Å². The number of hydrogen-bond acceptors (Lipinski definition) is 3. The Morgan fingerprint density at radius 3 is 2.90 bits per heavy atom. The minimum atomic E-state index is 0.145. The molecule has 2 saturated heterocycles. The molecule has 0 saturated carbocycles. The molecule has 2 fully saturated rings. The van der Waals surface area contributed by atoms with E-state index in [9.17, 15) is 4.79 Å². The summed E-state index contributed by atoms with van der Waals surface area (Å²) in [7, 11) is 2.01. The van der Waals surface area contributed by atoms with Crippen molar-refractivity contribution in [3.8, 4) is 0 Å². The van der Waals surface area contributed by atoms with Gasteiger partial charge in [-0.3, -0.25) is 9.69 Å². The second-order valence-corrected chi connectivity index (χ2v) is 6.84. The normalized spacial score (nSPS) is 30.9. The van der Waals surface area contributed by atoms with Crippen molar-refractivity contribution in [2.24, 2.45) is 11.8 Å². The highest BCUT2D eigenvalue weighted by Gasteiger charge is 2.35. The fraction of sp³-hybridized carbons (Fsp3) is 0.750. The molecule has 0 aromatic heterocycles. The smallest absolute Gasteiger partial charge is 0.236 e. The fourth-order valence-corrected chi connectivity index (χ4v) is 3.29. The van der Waals surface area contributed by atoms with Crippen LogP contribution in [-0.2, 0) is 4.79 Å². The van der Waals surface area contributed by atoms with Crippen molar-refractivity contribution < 1.29 is 4.79 Å². The summed E-state index contributed by atoms with van der Waals surface area (Å²) in [5.41, 5.74) is 3.07. The Kier molecular flexibility index (Phi) is 4.69. The average Bonchev–Trinajstić information content (AvgIpc) is 2.36. The van der Waals surface area contributed by atoms with Gasteiger partial charge in [0.1, 0.15) is 0 Å². The SMILES string of the molecule is C=C=CC1CNC(C)(C)CC1CN1CCN(C)CC1=O. The van der Waals surface area contributed by atoms with Gasteiger partial charge >= 0.3 is 0 Å². The molecule has 4 heteroatoms. The molecule has 0 aromatic carbocycles. The molecule has 4 nitrogen and oxygen atoms in total. The first kappa shape index (κ1) is 15.3. The van der Waals surface area contributed by atoms with Crippen molar-refractivity contribution >= 4 is 5.91 Å². The molecule has 2 aliphatic heterocycles. The number of amides is 1. The molecule has 0 spiro atoms. The van der Waals surface area contributed by atoms with Crippen LogP contribution in [0.2, 0.25) is 0 Å². The quantitative estimate of drug-likeness (QED) is 0.785. The van der Waals surface area contributed by atoms with Crippen LogP contribution in [0.5, 0.6) is 0 Å². The molecule has 0 bridgehead atoms. The molecular weight excluding hydrogens is 250 g/mol. The van der Waals surface area contributed by atoms with E-state index < -0.39 is 0 Å². The van der Waals surface area contributed by atoms with Crippen molar-refractivity contribution in [3.63, 3.8) is 0 Å². The molecule has 1 amide bonds. The second kappa shape index (κ2) is 6.13. The van der Waals surface area contributed by atoms with Crippen molar-refractivity contribution in [1.29, 1.82) is 0 Å². The number of likely N-dealkylation sites (N-methyl/N-ethyl adjacent to an activating group) is 1. The zero-order valence-electron chi connectivity index (χ0n) is 13.0. The third-order valence-corrected chi connectivity index (χ3v) is 4.49. The van der Waals surface area contributed by atoms with E-state index in [1.165, 1.54) is 0 Å². The van der Waals surface area contributed by atoms with Crippen LogP contribution in [0, 0.1) is 11.8 Å². The number of carbonyl (C=O) groups excluding carboxylic acids is 1. The molecule has 0 aromatic rings. The van der Waals surface area contributed by atoms with Gasteiger partial charge in [-0.05, 0) is 39.3 Å². The van der Waals surface area contributed by atoms with Gasteiger partial charge in [0.25, 0.3) is 0 Å². The minimum absolute atomic E-state index is 0.145. The van der Waals surface area contributed by atoms with Crippen LogP contribution in [0.25, 0.3) is 0 Å². The first-order valence-corrected chi connectivity index (χ1v) is 7.48. The van der Waals surface area contributed by atoms with E-state index >= 15 is 0 Å².